The molecule has 0 aliphatic heterocycles. The van der Waals surface area contributed by atoms with E-state index in [-0.39, 0.29) is 0 Å². The lowest BCUT2D eigenvalue weighted by atomic mass is 10.2. The van der Waals surface area contributed by atoms with Crippen molar-refractivity contribution in [1.82, 2.24) is 9.78 Å². The molecular formula is C15H20N4O2. The molecule has 0 saturated carbocycles. The number of hydrogen-bond acceptors (Lipinski definition) is 4. The molecule has 2 rings (SSSR count). The predicted molar refractivity (Wildman–Crippen MR) is 82.4 cm³/mol. The first-order valence-corrected chi connectivity index (χ1v) is 6.80. The molecule has 6 nitrogen and oxygen atoms in total. The van der Waals surface area contributed by atoms with Crippen molar-refractivity contribution < 1.29 is 9.53 Å². The van der Waals surface area contributed by atoms with Gasteiger partial charge in [-0.15, -0.1) is 0 Å². The highest BCUT2D eigenvalue weighted by Crippen LogP contribution is 2.15. The minimum Gasteiger partial charge on any atom is -0.453 e. The lowest BCUT2D eigenvalue weighted by Gasteiger charge is -2.07. The van der Waals surface area contributed by atoms with Gasteiger partial charge in [-0.05, 0) is 38.1 Å². The van der Waals surface area contributed by atoms with Gasteiger partial charge in [0.2, 0.25) is 0 Å². The normalized spacial score (nSPS) is 10.5. The minimum absolute atomic E-state index is 0.363. The van der Waals surface area contributed by atoms with E-state index >= 15 is 0 Å². The number of nitrogens with one attached hydrogen (secondary N) is 2. The largest absolute Gasteiger partial charge is 0.453 e. The number of carbonyl (C=O) groups excluding carboxylic acids is 1. The predicted octanol–water partition coefficient (Wildman–Crippen LogP) is 3.25. The summed E-state index contributed by atoms with van der Waals surface area (Å²) in [6.45, 7) is 4.89. The fraction of sp³-hybridized carbons (Fsp3) is 0.333. The topological polar surface area (TPSA) is 68.2 Å². The first-order valence-electron chi connectivity index (χ1n) is 6.80. The van der Waals surface area contributed by atoms with E-state index < -0.39 is 6.09 Å². The number of anilines is 2. The van der Waals surface area contributed by atoms with Crippen LogP contribution in [0.25, 0.3) is 0 Å². The number of rotatable bonds is 5. The van der Waals surface area contributed by atoms with Crippen LogP contribution < -0.4 is 10.6 Å². The molecule has 0 aliphatic carbocycles. The van der Waals surface area contributed by atoms with Crippen molar-refractivity contribution in [3.8, 4) is 0 Å². The maximum absolute atomic E-state index is 11.1. The molecule has 2 N–H and O–H groups in total. The highest BCUT2D eigenvalue weighted by atomic mass is 16.5. The molecule has 0 radical (unpaired) electrons. The Balaban J connectivity index is 1.89. The quantitative estimate of drug-likeness (QED) is 0.886. The van der Waals surface area contributed by atoms with E-state index in [1.54, 1.807) is 0 Å². The average molecular weight is 288 g/mol. The Bertz CT molecular complexity index is 590. The Morgan fingerprint density at radius 2 is 1.95 bits per heavy atom. The van der Waals surface area contributed by atoms with Crippen LogP contribution in [-0.4, -0.2) is 23.0 Å². The number of ether oxygens (including phenoxy) is 1. The van der Waals surface area contributed by atoms with Crippen LogP contribution in [0.2, 0.25) is 0 Å². The Morgan fingerprint density at radius 3 is 2.52 bits per heavy atom. The number of amides is 1. The molecule has 0 aliphatic rings. The number of methoxy groups -OCH3 is 1. The van der Waals surface area contributed by atoms with Crippen molar-refractivity contribution in [3.63, 3.8) is 0 Å². The molecule has 2 aromatic rings. The van der Waals surface area contributed by atoms with Gasteiger partial charge in [-0.1, -0.05) is 0 Å². The highest BCUT2D eigenvalue weighted by Gasteiger charge is 2.03. The van der Waals surface area contributed by atoms with E-state index in [1.165, 1.54) is 7.11 Å². The van der Waals surface area contributed by atoms with E-state index in [0.717, 1.165) is 11.3 Å². The third kappa shape index (κ3) is 4.24. The Labute approximate surface area is 124 Å². The molecule has 0 spiro atoms. The Morgan fingerprint density at radius 1 is 1.29 bits per heavy atom. The first kappa shape index (κ1) is 14.9. The lowest BCUT2D eigenvalue weighted by Crippen LogP contribution is -2.10. The smallest absolute Gasteiger partial charge is 0.411 e. The van der Waals surface area contributed by atoms with Crippen LogP contribution in [0.15, 0.2) is 36.7 Å². The van der Waals surface area contributed by atoms with Crippen LogP contribution in [-0.2, 0) is 11.3 Å². The van der Waals surface area contributed by atoms with Gasteiger partial charge in [0.1, 0.15) is 0 Å². The van der Waals surface area contributed by atoms with Crippen molar-refractivity contribution >= 4 is 17.5 Å². The number of aromatic nitrogens is 2. The van der Waals surface area contributed by atoms with E-state index in [2.05, 4.69) is 34.3 Å². The third-order valence-electron chi connectivity index (χ3n) is 3.00. The van der Waals surface area contributed by atoms with Gasteiger partial charge in [-0.3, -0.25) is 10.00 Å². The molecule has 0 atom stereocenters. The molecule has 0 bridgehead atoms. The lowest BCUT2D eigenvalue weighted by molar-refractivity contribution is 0.187. The van der Waals surface area contributed by atoms with Crippen LogP contribution in [0.4, 0.5) is 16.2 Å². The zero-order valence-electron chi connectivity index (χ0n) is 12.5. The molecular weight excluding hydrogens is 268 g/mol. The summed E-state index contributed by atoms with van der Waals surface area (Å²) in [6.07, 6.45) is 3.42. The van der Waals surface area contributed by atoms with Gasteiger partial charge >= 0.3 is 6.09 Å². The van der Waals surface area contributed by atoms with Crippen molar-refractivity contribution in [2.24, 2.45) is 0 Å². The second-order valence-corrected chi connectivity index (χ2v) is 4.97. The van der Waals surface area contributed by atoms with E-state index in [9.17, 15) is 4.79 Å². The summed E-state index contributed by atoms with van der Waals surface area (Å²) in [5.41, 5.74) is 2.79. The Hall–Kier alpha value is -2.50. The SMILES string of the molecule is COC(=O)Nc1ccc(NCc2cnn(C(C)C)c2)cc1. The second-order valence-electron chi connectivity index (χ2n) is 4.97. The van der Waals surface area contributed by atoms with Gasteiger partial charge in [0.05, 0.1) is 13.3 Å². The van der Waals surface area contributed by atoms with Crippen molar-refractivity contribution in [3.05, 3.63) is 42.2 Å². The van der Waals surface area contributed by atoms with E-state index in [4.69, 9.17) is 0 Å². The van der Waals surface area contributed by atoms with Gasteiger partial charge in [0.15, 0.2) is 0 Å². The van der Waals surface area contributed by atoms with Gasteiger partial charge in [0, 0.05) is 35.7 Å². The summed E-state index contributed by atoms with van der Waals surface area (Å²) in [5, 5.41) is 10.2. The van der Waals surface area contributed by atoms with E-state index in [1.807, 2.05) is 41.3 Å². The highest BCUT2D eigenvalue weighted by molar-refractivity contribution is 5.84. The third-order valence-corrected chi connectivity index (χ3v) is 3.00. The zero-order valence-corrected chi connectivity index (χ0v) is 12.5. The van der Waals surface area contributed by atoms with Gasteiger partial charge in [-0.2, -0.15) is 5.10 Å². The first-order chi connectivity index (χ1) is 10.1. The average Bonchev–Trinajstić information content (AvgIpc) is 2.95. The summed E-state index contributed by atoms with van der Waals surface area (Å²) in [5.74, 6) is 0. The Kier molecular flexibility index (Phi) is 4.81. The molecule has 21 heavy (non-hydrogen) atoms. The zero-order chi connectivity index (χ0) is 15.2. The van der Waals surface area contributed by atoms with Crippen molar-refractivity contribution in [2.45, 2.75) is 26.4 Å². The number of hydrogen-bond donors (Lipinski definition) is 2. The maximum atomic E-state index is 11.1. The fourth-order valence-electron chi connectivity index (χ4n) is 1.80. The molecule has 1 amide bonds. The summed E-state index contributed by atoms with van der Waals surface area (Å²) in [6, 6.07) is 7.80. The van der Waals surface area contributed by atoms with Crippen molar-refractivity contribution in [2.75, 3.05) is 17.7 Å². The van der Waals surface area contributed by atoms with Crippen LogP contribution in [0.5, 0.6) is 0 Å². The maximum Gasteiger partial charge on any atom is 0.411 e. The summed E-state index contributed by atoms with van der Waals surface area (Å²) in [7, 11) is 1.34. The van der Waals surface area contributed by atoms with Crippen LogP contribution in [0.3, 0.4) is 0 Å². The molecule has 0 saturated heterocycles. The molecule has 1 aromatic carbocycles. The number of carbonyl (C=O) groups is 1. The molecule has 1 aromatic heterocycles. The van der Waals surface area contributed by atoms with Gasteiger partial charge < -0.3 is 10.1 Å². The number of nitrogens with zero attached hydrogens (tertiary/aromatic N) is 2. The summed E-state index contributed by atoms with van der Waals surface area (Å²) in [4.78, 5) is 11.1. The standard InChI is InChI=1S/C15H20N4O2/c1-11(2)19-10-12(9-17-19)8-16-13-4-6-14(7-5-13)18-15(20)21-3/h4-7,9-11,16H,8H2,1-3H3,(H,18,20). The minimum atomic E-state index is -0.475. The molecule has 112 valence electrons. The summed E-state index contributed by atoms with van der Waals surface area (Å²) < 4.78 is 6.47. The molecule has 0 fully saturated rings. The molecule has 0 unspecified atom stereocenters. The molecule has 1 heterocycles. The monoisotopic (exact) mass is 288 g/mol. The molecule has 6 heteroatoms. The van der Waals surface area contributed by atoms with Gasteiger partial charge in [-0.25, -0.2) is 4.79 Å². The van der Waals surface area contributed by atoms with Gasteiger partial charge in [0.25, 0.3) is 0 Å². The fourth-order valence-corrected chi connectivity index (χ4v) is 1.80. The van der Waals surface area contributed by atoms with Crippen LogP contribution in [0.1, 0.15) is 25.5 Å². The summed E-state index contributed by atoms with van der Waals surface area (Å²) >= 11 is 0. The van der Waals surface area contributed by atoms with Crippen LogP contribution in [0, 0.1) is 0 Å². The van der Waals surface area contributed by atoms with E-state index in [0.29, 0.717) is 18.3 Å². The second kappa shape index (κ2) is 6.78. The van der Waals surface area contributed by atoms with Crippen LogP contribution >= 0.6 is 0 Å². The number of benzene rings is 1. The van der Waals surface area contributed by atoms with Crippen molar-refractivity contribution in [1.29, 1.82) is 0 Å².